The minimum atomic E-state index is -1.02. The summed E-state index contributed by atoms with van der Waals surface area (Å²) in [7, 11) is 0. The summed E-state index contributed by atoms with van der Waals surface area (Å²) in [5, 5.41) is 20.7. The molecule has 0 spiro atoms. The van der Waals surface area contributed by atoms with Gasteiger partial charge in [0.05, 0.1) is 25.2 Å². The number of nitrogens with zero attached hydrogens (tertiary/aromatic N) is 1. The molecule has 0 aliphatic carbocycles. The molecule has 0 aliphatic rings. The number of ether oxygens (including phenoxy) is 2. The molecule has 0 fully saturated rings. The fourth-order valence-corrected chi connectivity index (χ4v) is 3.97. The lowest BCUT2D eigenvalue weighted by Crippen LogP contribution is -2.20. The molecule has 2 aromatic carbocycles. The van der Waals surface area contributed by atoms with E-state index in [1.807, 2.05) is 30.3 Å². The molecule has 2 unspecified atom stereocenters. The molecule has 1 aromatic heterocycles. The van der Waals surface area contributed by atoms with Gasteiger partial charge in [0.15, 0.2) is 0 Å². The second kappa shape index (κ2) is 13.7. The third kappa shape index (κ3) is 8.51. The highest BCUT2D eigenvalue weighted by atomic mass is 19.1. The molecule has 196 valence electrons. The first-order chi connectivity index (χ1) is 17.8. The first-order valence-electron chi connectivity index (χ1n) is 12.4. The van der Waals surface area contributed by atoms with E-state index < -0.39 is 18.2 Å². The number of esters is 1. The summed E-state index contributed by atoms with van der Waals surface area (Å²) in [5.41, 5.74) is 4.46. The number of hydrogen-bond donors (Lipinski definition) is 2. The molecule has 37 heavy (non-hydrogen) atoms. The van der Waals surface area contributed by atoms with Crippen LogP contribution in [-0.2, 0) is 16.1 Å². The molecule has 3 rings (SSSR count). The third-order valence-electron chi connectivity index (χ3n) is 5.82. The van der Waals surface area contributed by atoms with Gasteiger partial charge in [-0.3, -0.25) is 9.78 Å². The van der Waals surface area contributed by atoms with Crippen molar-refractivity contribution in [3.8, 4) is 16.9 Å². The van der Waals surface area contributed by atoms with Gasteiger partial charge in [-0.15, -0.1) is 0 Å². The fourth-order valence-electron chi connectivity index (χ4n) is 3.97. The first kappa shape index (κ1) is 28.0. The number of carbonyl (C=O) groups is 1. The number of halogens is 1. The maximum absolute atomic E-state index is 13.7. The van der Waals surface area contributed by atoms with Crippen molar-refractivity contribution in [3.63, 3.8) is 0 Å². The summed E-state index contributed by atoms with van der Waals surface area (Å²) in [5.74, 6) is -0.0486. The molecule has 0 saturated heterocycles. The Bertz CT molecular complexity index is 1180. The summed E-state index contributed by atoms with van der Waals surface area (Å²) in [6.45, 7) is 6.43. The quantitative estimate of drug-likeness (QED) is 0.307. The Balaban J connectivity index is 1.92. The number of benzene rings is 2. The highest BCUT2D eigenvalue weighted by Crippen LogP contribution is 2.36. The molecule has 0 radical (unpaired) electrons. The van der Waals surface area contributed by atoms with Gasteiger partial charge in [-0.05, 0) is 77.1 Å². The SMILES string of the molecule is CCOC(=O)CC(O)CC(O)/C=C/c1c(-c2ccc(F)cc2)cc(OCc2ccncc2)cc1C(C)C. The zero-order valence-electron chi connectivity index (χ0n) is 21.4. The molecule has 1 heterocycles. The highest BCUT2D eigenvalue weighted by molar-refractivity contribution is 5.79. The van der Waals surface area contributed by atoms with Crippen LogP contribution in [0.3, 0.4) is 0 Å². The number of aliphatic hydroxyl groups is 2. The first-order valence-corrected chi connectivity index (χ1v) is 12.4. The van der Waals surface area contributed by atoms with Crippen molar-refractivity contribution < 1.29 is 28.9 Å². The summed E-state index contributed by atoms with van der Waals surface area (Å²) in [6.07, 6.45) is 4.64. The van der Waals surface area contributed by atoms with Crippen LogP contribution < -0.4 is 4.74 Å². The van der Waals surface area contributed by atoms with Crippen LogP contribution in [0.5, 0.6) is 5.75 Å². The van der Waals surface area contributed by atoms with E-state index >= 15 is 0 Å². The molecule has 3 aromatic rings. The Morgan fingerprint density at radius 1 is 1.08 bits per heavy atom. The molecule has 2 N–H and O–H groups in total. The van der Waals surface area contributed by atoms with Gasteiger partial charge in [-0.1, -0.05) is 38.1 Å². The van der Waals surface area contributed by atoms with Crippen LogP contribution in [0.4, 0.5) is 4.39 Å². The van der Waals surface area contributed by atoms with Gasteiger partial charge < -0.3 is 19.7 Å². The van der Waals surface area contributed by atoms with E-state index in [0.29, 0.717) is 12.4 Å². The number of aliphatic hydroxyl groups excluding tert-OH is 2. The minimum Gasteiger partial charge on any atom is -0.489 e. The number of rotatable bonds is 12. The third-order valence-corrected chi connectivity index (χ3v) is 5.82. The van der Waals surface area contributed by atoms with E-state index in [1.165, 1.54) is 12.1 Å². The highest BCUT2D eigenvalue weighted by Gasteiger charge is 2.17. The van der Waals surface area contributed by atoms with Crippen LogP contribution in [0.1, 0.15) is 56.2 Å². The van der Waals surface area contributed by atoms with Crippen LogP contribution in [0.2, 0.25) is 0 Å². The molecular formula is C30H34FNO5. The lowest BCUT2D eigenvalue weighted by atomic mass is 9.89. The molecule has 7 heteroatoms. The zero-order chi connectivity index (χ0) is 26.8. The van der Waals surface area contributed by atoms with E-state index in [2.05, 4.69) is 18.8 Å². The van der Waals surface area contributed by atoms with Crippen molar-refractivity contribution in [3.05, 3.63) is 89.5 Å². The smallest absolute Gasteiger partial charge is 0.308 e. The lowest BCUT2D eigenvalue weighted by molar-refractivity contribution is -0.145. The second-order valence-corrected chi connectivity index (χ2v) is 9.10. The average molecular weight is 508 g/mol. The van der Waals surface area contributed by atoms with Gasteiger partial charge in [0.1, 0.15) is 18.2 Å². The van der Waals surface area contributed by atoms with Crippen molar-refractivity contribution in [2.24, 2.45) is 0 Å². The Labute approximate surface area is 217 Å². The Kier molecular flexibility index (Phi) is 10.4. The predicted molar refractivity (Wildman–Crippen MR) is 141 cm³/mol. The standard InChI is InChI=1S/C30H34FNO5/c1-4-36-30(35)16-25(34)15-24(33)9-10-27-28(20(2)3)17-26(37-19-21-11-13-32-14-12-21)18-29(27)22-5-7-23(31)8-6-22/h5-14,17-18,20,24-25,33-34H,4,15-16,19H2,1-3H3/b10-9+. The van der Waals surface area contributed by atoms with Gasteiger partial charge in [-0.25, -0.2) is 4.39 Å². The Hall–Kier alpha value is -3.55. The topological polar surface area (TPSA) is 88.9 Å². The zero-order valence-corrected chi connectivity index (χ0v) is 21.4. The molecule has 0 saturated carbocycles. The maximum Gasteiger partial charge on any atom is 0.308 e. The van der Waals surface area contributed by atoms with Gasteiger partial charge in [0, 0.05) is 18.8 Å². The summed E-state index contributed by atoms with van der Waals surface area (Å²) >= 11 is 0. The summed E-state index contributed by atoms with van der Waals surface area (Å²) < 4.78 is 24.6. The van der Waals surface area contributed by atoms with Crippen molar-refractivity contribution in [2.45, 2.75) is 58.3 Å². The number of pyridine rings is 1. The van der Waals surface area contributed by atoms with Crippen molar-refractivity contribution in [2.75, 3.05) is 6.61 Å². The normalized spacial score (nSPS) is 13.1. The monoisotopic (exact) mass is 507 g/mol. The van der Waals surface area contributed by atoms with E-state index in [4.69, 9.17) is 9.47 Å². The van der Waals surface area contributed by atoms with Crippen LogP contribution in [0.15, 0.2) is 67.0 Å². The van der Waals surface area contributed by atoms with Crippen LogP contribution in [0.25, 0.3) is 17.2 Å². The molecule has 0 aliphatic heterocycles. The van der Waals surface area contributed by atoms with Gasteiger partial charge in [-0.2, -0.15) is 0 Å². The van der Waals surface area contributed by atoms with E-state index in [1.54, 1.807) is 37.5 Å². The molecule has 2 atom stereocenters. The van der Waals surface area contributed by atoms with E-state index in [0.717, 1.165) is 27.8 Å². The molecule has 6 nitrogen and oxygen atoms in total. The van der Waals surface area contributed by atoms with Gasteiger partial charge in [0.2, 0.25) is 0 Å². The average Bonchev–Trinajstić information content (AvgIpc) is 2.87. The molecular weight excluding hydrogens is 473 g/mol. The van der Waals surface area contributed by atoms with E-state index in [9.17, 15) is 19.4 Å². The van der Waals surface area contributed by atoms with Crippen molar-refractivity contribution >= 4 is 12.0 Å². The number of aromatic nitrogens is 1. The molecule has 0 amide bonds. The minimum absolute atomic E-state index is 0.00860. The molecule has 0 bridgehead atoms. The maximum atomic E-state index is 13.7. The largest absolute Gasteiger partial charge is 0.489 e. The lowest BCUT2D eigenvalue weighted by Gasteiger charge is -2.19. The van der Waals surface area contributed by atoms with Crippen molar-refractivity contribution in [1.29, 1.82) is 0 Å². The van der Waals surface area contributed by atoms with Crippen LogP contribution in [-0.4, -0.2) is 40.0 Å². The van der Waals surface area contributed by atoms with E-state index in [-0.39, 0.29) is 31.2 Å². The van der Waals surface area contributed by atoms with Crippen molar-refractivity contribution in [1.82, 2.24) is 4.98 Å². The Morgan fingerprint density at radius 2 is 1.78 bits per heavy atom. The van der Waals surface area contributed by atoms with Crippen LogP contribution in [0, 0.1) is 5.82 Å². The second-order valence-electron chi connectivity index (χ2n) is 9.10. The predicted octanol–water partition coefficient (Wildman–Crippen LogP) is 5.67. The van der Waals surface area contributed by atoms with Gasteiger partial charge in [0.25, 0.3) is 0 Å². The summed E-state index contributed by atoms with van der Waals surface area (Å²) in [6, 6.07) is 13.9. The van der Waals surface area contributed by atoms with Crippen LogP contribution >= 0.6 is 0 Å². The number of hydrogen-bond acceptors (Lipinski definition) is 6. The van der Waals surface area contributed by atoms with Gasteiger partial charge >= 0.3 is 5.97 Å². The Morgan fingerprint density at radius 3 is 2.43 bits per heavy atom. The summed E-state index contributed by atoms with van der Waals surface area (Å²) in [4.78, 5) is 15.6. The number of carbonyl (C=O) groups excluding carboxylic acids is 1. The fraction of sp³-hybridized carbons (Fsp3) is 0.333.